The molecule has 2 heterocycles. The number of nitrogens with one attached hydrogen (secondary N) is 1. The summed E-state index contributed by atoms with van der Waals surface area (Å²) >= 11 is 0. The molecule has 0 radical (unpaired) electrons. The first-order valence-electron chi connectivity index (χ1n) is 9.52. The van der Waals surface area contributed by atoms with Crippen LogP contribution in [0.5, 0.6) is 0 Å². The molecule has 0 unspecified atom stereocenters. The van der Waals surface area contributed by atoms with E-state index in [-0.39, 0.29) is 5.91 Å². The number of carbonyl (C=O) groups is 1. The van der Waals surface area contributed by atoms with E-state index >= 15 is 0 Å². The normalized spacial score (nSPS) is 15.3. The van der Waals surface area contributed by atoms with Crippen molar-refractivity contribution in [2.24, 2.45) is 0 Å². The Morgan fingerprint density at radius 3 is 1.96 bits per heavy atom. The number of nitrogens with zero attached hydrogens (tertiary/aromatic N) is 1. The number of aryl methyl sites for hydroxylation is 1. The summed E-state index contributed by atoms with van der Waals surface area (Å²) in [5.74, 6) is 0.775. The quantitative estimate of drug-likeness (QED) is 0.776. The van der Waals surface area contributed by atoms with Crippen molar-refractivity contribution in [1.29, 1.82) is 0 Å². The van der Waals surface area contributed by atoms with Crippen LogP contribution in [0.4, 0.5) is 0 Å². The Morgan fingerprint density at radius 1 is 0.926 bits per heavy atom. The van der Waals surface area contributed by atoms with Crippen LogP contribution in [0, 0.1) is 6.92 Å². The molecule has 1 saturated heterocycles. The molecule has 0 aliphatic carbocycles. The molecule has 0 bridgehead atoms. The van der Waals surface area contributed by atoms with Crippen molar-refractivity contribution in [2.75, 3.05) is 26.2 Å². The highest BCUT2D eigenvalue weighted by molar-refractivity contribution is 5.95. The fourth-order valence-electron chi connectivity index (χ4n) is 4.02. The van der Waals surface area contributed by atoms with Gasteiger partial charge in [0.1, 0.15) is 11.8 Å². The first kappa shape index (κ1) is 17.6. The molecule has 1 fully saturated rings. The van der Waals surface area contributed by atoms with E-state index in [1.54, 1.807) is 12.3 Å². The maximum absolute atomic E-state index is 12.8. The third-order valence-electron chi connectivity index (χ3n) is 5.46. The lowest BCUT2D eigenvalue weighted by Gasteiger charge is -2.37. The van der Waals surface area contributed by atoms with Gasteiger partial charge in [0, 0.05) is 11.1 Å². The fraction of sp³-hybridized carbons (Fsp3) is 0.261. The maximum Gasteiger partial charge on any atom is 0.257 e. The van der Waals surface area contributed by atoms with Crippen molar-refractivity contribution >= 4 is 5.91 Å². The van der Waals surface area contributed by atoms with Gasteiger partial charge in [0.15, 0.2) is 0 Å². The number of hydrogen-bond acceptors (Lipinski definition) is 2. The van der Waals surface area contributed by atoms with Crippen LogP contribution in [-0.4, -0.2) is 37.0 Å². The minimum Gasteiger partial charge on any atom is -0.469 e. The predicted octanol–water partition coefficient (Wildman–Crippen LogP) is 2.72. The van der Waals surface area contributed by atoms with E-state index in [1.807, 2.05) is 11.8 Å². The van der Waals surface area contributed by atoms with Gasteiger partial charge in [-0.1, -0.05) is 60.7 Å². The number of quaternary nitrogens is 1. The summed E-state index contributed by atoms with van der Waals surface area (Å²) in [6.07, 6.45) is 1.59. The monoisotopic (exact) mass is 361 g/mol. The molecular formula is C23H25N2O2+. The van der Waals surface area contributed by atoms with E-state index in [0.29, 0.717) is 17.4 Å². The van der Waals surface area contributed by atoms with Crippen LogP contribution in [0.2, 0.25) is 0 Å². The molecule has 0 spiro atoms. The summed E-state index contributed by atoms with van der Waals surface area (Å²) in [7, 11) is 0. The Labute approximate surface area is 160 Å². The number of hydrogen-bond donors (Lipinski definition) is 1. The first-order chi connectivity index (χ1) is 13.2. The molecule has 4 heteroatoms. The number of piperazine rings is 1. The Kier molecular flexibility index (Phi) is 5.07. The van der Waals surface area contributed by atoms with Gasteiger partial charge in [0.05, 0.1) is 38.0 Å². The van der Waals surface area contributed by atoms with Gasteiger partial charge in [0.2, 0.25) is 0 Å². The zero-order valence-corrected chi connectivity index (χ0v) is 15.6. The van der Waals surface area contributed by atoms with Crippen LogP contribution in [0.3, 0.4) is 0 Å². The molecule has 2 aromatic carbocycles. The summed E-state index contributed by atoms with van der Waals surface area (Å²) in [6.45, 7) is 5.22. The standard InChI is InChI=1S/C23H24N2O2/c1-18-21(12-17-27-18)23(26)25-15-13-24(14-16-25)22(19-8-4-2-5-9-19)20-10-6-3-7-11-20/h2-12,17,22H,13-16H2,1H3/p+1. The second kappa shape index (κ2) is 7.80. The number of benzene rings is 2. The van der Waals surface area contributed by atoms with E-state index in [4.69, 9.17) is 4.42 Å². The SMILES string of the molecule is Cc1occc1C(=O)N1CC[NH+](C(c2ccccc2)c2ccccc2)CC1. The van der Waals surface area contributed by atoms with Gasteiger partial charge >= 0.3 is 0 Å². The highest BCUT2D eigenvalue weighted by atomic mass is 16.3. The highest BCUT2D eigenvalue weighted by Crippen LogP contribution is 2.19. The van der Waals surface area contributed by atoms with Crippen molar-refractivity contribution in [1.82, 2.24) is 4.90 Å². The van der Waals surface area contributed by atoms with Crippen molar-refractivity contribution in [3.8, 4) is 0 Å². The second-order valence-electron chi connectivity index (χ2n) is 7.10. The molecule has 3 aromatic rings. The third-order valence-corrected chi connectivity index (χ3v) is 5.46. The average Bonchev–Trinajstić information content (AvgIpc) is 3.16. The lowest BCUT2D eigenvalue weighted by molar-refractivity contribution is -0.929. The Hall–Kier alpha value is -2.85. The van der Waals surface area contributed by atoms with Gasteiger partial charge in [-0.25, -0.2) is 0 Å². The largest absolute Gasteiger partial charge is 0.469 e. The van der Waals surface area contributed by atoms with Crippen LogP contribution < -0.4 is 4.90 Å². The molecule has 4 nitrogen and oxygen atoms in total. The summed E-state index contributed by atoms with van der Waals surface area (Å²) in [6, 6.07) is 23.4. The smallest absolute Gasteiger partial charge is 0.257 e. The minimum absolute atomic E-state index is 0.0799. The fourth-order valence-corrected chi connectivity index (χ4v) is 4.02. The van der Waals surface area contributed by atoms with E-state index in [2.05, 4.69) is 60.7 Å². The summed E-state index contributed by atoms with van der Waals surface area (Å²) < 4.78 is 5.30. The van der Waals surface area contributed by atoms with E-state index in [9.17, 15) is 4.79 Å². The van der Waals surface area contributed by atoms with Crippen LogP contribution in [0.25, 0.3) is 0 Å². The summed E-state index contributed by atoms with van der Waals surface area (Å²) in [5, 5.41) is 0. The Balaban J connectivity index is 1.52. The van der Waals surface area contributed by atoms with Gasteiger partial charge in [-0.2, -0.15) is 0 Å². The molecule has 0 atom stereocenters. The molecular weight excluding hydrogens is 336 g/mol. The predicted molar refractivity (Wildman–Crippen MR) is 105 cm³/mol. The topological polar surface area (TPSA) is 37.9 Å². The highest BCUT2D eigenvalue weighted by Gasteiger charge is 2.32. The van der Waals surface area contributed by atoms with Crippen LogP contribution in [0.15, 0.2) is 77.4 Å². The van der Waals surface area contributed by atoms with Crippen molar-refractivity contribution in [3.05, 3.63) is 95.4 Å². The second-order valence-corrected chi connectivity index (χ2v) is 7.10. The van der Waals surface area contributed by atoms with Gasteiger partial charge < -0.3 is 14.2 Å². The molecule has 1 aliphatic heterocycles. The molecule has 1 amide bonds. The molecule has 0 saturated carbocycles. The number of furan rings is 1. The summed E-state index contributed by atoms with van der Waals surface area (Å²) in [4.78, 5) is 16.2. The molecule has 27 heavy (non-hydrogen) atoms. The van der Waals surface area contributed by atoms with Gasteiger partial charge in [-0.05, 0) is 13.0 Å². The molecule has 1 aliphatic rings. The van der Waals surface area contributed by atoms with Crippen molar-refractivity contribution in [3.63, 3.8) is 0 Å². The van der Waals surface area contributed by atoms with Crippen LogP contribution in [-0.2, 0) is 0 Å². The zero-order chi connectivity index (χ0) is 18.6. The van der Waals surface area contributed by atoms with Gasteiger partial charge in [-0.3, -0.25) is 4.79 Å². The van der Waals surface area contributed by atoms with Gasteiger partial charge in [-0.15, -0.1) is 0 Å². The number of carbonyl (C=O) groups excluding carboxylic acids is 1. The van der Waals surface area contributed by atoms with Crippen molar-refractivity contribution < 1.29 is 14.1 Å². The Morgan fingerprint density at radius 2 is 1.48 bits per heavy atom. The average molecular weight is 361 g/mol. The zero-order valence-electron chi connectivity index (χ0n) is 15.6. The maximum atomic E-state index is 12.8. The van der Waals surface area contributed by atoms with Gasteiger partial charge in [0.25, 0.3) is 5.91 Å². The van der Waals surface area contributed by atoms with E-state index in [1.165, 1.54) is 16.0 Å². The van der Waals surface area contributed by atoms with Crippen molar-refractivity contribution in [2.45, 2.75) is 13.0 Å². The van der Waals surface area contributed by atoms with E-state index in [0.717, 1.165) is 26.2 Å². The number of amides is 1. The third kappa shape index (κ3) is 3.67. The molecule has 1 aromatic heterocycles. The Bertz CT molecular complexity index is 842. The lowest BCUT2D eigenvalue weighted by atomic mass is 9.96. The summed E-state index contributed by atoms with van der Waals surface area (Å²) in [5.41, 5.74) is 3.33. The first-order valence-corrected chi connectivity index (χ1v) is 9.52. The molecule has 138 valence electrons. The number of rotatable bonds is 4. The van der Waals surface area contributed by atoms with E-state index < -0.39 is 0 Å². The molecule has 4 rings (SSSR count). The molecule has 1 N–H and O–H groups in total. The van der Waals surface area contributed by atoms with Crippen LogP contribution >= 0.6 is 0 Å². The minimum atomic E-state index is 0.0799. The lowest BCUT2D eigenvalue weighted by Crippen LogP contribution is -3.15. The van der Waals surface area contributed by atoms with Crippen LogP contribution in [0.1, 0.15) is 33.3 Å².